The van der Waals surface area contributed by atoms with Gasteiger partial charge in [0.2, 0.25) is 0 Å². The van der Waals surface area contributed by atoms with Crippen LogP contribution in [0.4, 0.5) is 19.0 Å². The van der Waals surface area contributed by atoms with Crippen LogP contribution in [0.15, 0.2) is 41.2 Å². The molecule has 0 amide bonds. The van der Waals surface area contributed by atoms with Crippen LogP contribution in [0.1, 0.15) is 48.1 Å². The summed E-state index contributed by atoms with van der Waals surface area (Å²) < 4.78 is 42.2. The summed E-state index contributed by atoms with van der Waals surface area (Å²) in [4.78, 5) is 12.8. The number of alkyl halides is 2. The molecule has 2 aromatic carbocycles. The summed E-state index contributed by atoms with van der Waals surface area (Å²) >= 11 is 0. The van der Waals surface area contributed by atoms with Gasteiger partial charge in [-0.05, 0) is 55.6 Å². The van der Waals surface area contributed by atoms with E-state index in [1.165, 1.54) is 22.4 Å². The first-order valence-electron chi connectivity index (χ1n) is 10.5. The topological polar surface area (TPSA) is 59.0 Å². The molecule has 2 heterocycles. The van der Waals surface area contributed by atoms with Gasteiger partial charge in [-0.15, -0.1) is 0 Å². The second-order valence-corrected chi connectivity index (χ2v) is 8.09. The van der Waals surface area contributed by atoms with Crippen LogP contribution in [0, 0.1) is 12.7 Å². The number of benzene rings is 2. The summed E-state index contributed by atoms with van der Waals surface area (Å²) in [6.07, 6.45) is 0.102. The number of nitrogens with one attached hydrogen (secondary N) is 2. The zero-order valence-corrected chi connectivity index (χ0v) is 18.2. The Morgan fingerprint density at radius 1 is 1.19 bits per heavy atom. The Hall–Kier alpha value is -3.13. The highest BCUT2D eigenvalue weighted by atomic mass is 19.3. The van der Waals surface area contributed by atoms with Crippen LogP contribution >= 0.6 is 0 Å². The summed E-state index contributed by atoms with van der Waals surface area (Å²) in [7, 11) is 1.55. The molecular weight excluding hydrogens is 417 g/mol. The lowest BCUT2D eigenvalue weighted by Gasteiger charge is -2.20. The van der Waals surface area contributed by atoms with Crippen molar-refractivity contribution in [1.82, 2.24) is 15.1 Å². The van der Waals surface area contributed by atoms with E-state index in [1.807, 2.05) is 19.1 Å². The smallest absolute Gasteiger partial charge is 0.274 e. The average Bonchev–Trinajstić information content (AvgIpc) is 2.77. The first kappa shape index (κ1) is 22.1. The second-order valence-electron chi connectivity index (χ2n) is 8.09. The molecule has 5 nitrogen and oxygen atoms in total. The molecule has 1 atom stereocenters. The predicted octanol–water partition coefficient (Wildman–Crippen LogP) is 4.87. The Kier molecular flexibility index (Phi) is 6.06. The fourth-order valence-electron chi connectivity index (χ4n) is 4.18. The minimum Gasteiger partial charge on any atom is -0.361 e. The van der Waals surface area contributed by atoms with Gasteiger partial charge in [0.15, 0.2) is 5.82 Å². The molecule has 0 unspecified atom stereocenters. The molecule has 0 saturated carbocycles. The van der Waals surface area contributed by atoms with E-state index in [0.29, 0.717) is 16.6 Å². The number of fused-ring (bicyclic) bond motifs is 1. The molecule has 0 radical (unpaired) electrons. The maximum atomic E-state index is 14.7. The largest absolute Gasteiger partial charge is 0.361 e. The van der Waals surface area contributed by atoms with Gasteiger partial charge in [0.1, 0.15) is 5.82 Å². The van der Waals surface area contributed by atoms with Crippen molar-refractivity contribution < 1.29 is 13.2 Å². The summed E-state index contributed by atoms with van der Waals surface area (Å²) in [5, 5.41) is 11.9. The maximum absolute atomic E-state index is 14.7. The van der Waals surface area contributed by atoms with Gasteiger partial charge < -0.3 is 10.6 Å². The normalized spacial score (nSPS) is 15.2. The third-order valence-electron chi connectivity index (χ3n) is 5.92. The van der Waals surface area contributed by atoms with Crippen LogP contribution in [-0.2, 0) is 7.05 Å². The summed E-state index contributed by atoms with van der Waals surface area (Å²) in [6.45, 7) is 5.30. The lowest BCUT2D eigenvalue weighted by atomic mass is 9.93. The van der Waals surface area contributed by atoms with Crippen molar-refractivity contribution in [2.24, 2.45) is 7.05 Å². The van der Waals surface area contributed by atoms with Crippen LogP contribution in [0.25, 0.3) is 16.3 Å². The number of anilines is 1. The number of aromatic nitrogens is 2. The van der Waals surface area contributed by atoms with Crippen molar-refractivity contribution in [2.45, 2.75) is 32.7 Å². The van der Waals surface area contributed by atoms with Gasteiger partial charge >= 0.3 is 0 Å². The van der Waals surface area contributed by atoms with E-state index in [0.717, 1.165) is 36.7 Å². The maximum Gasteiger partial charge on any atom is 0.274 e. The van der Waals surface area contributed by atoms with Gasteiger partial charge in [0.25, 0.3) is 12.0 Å². The van der Waals surface area contributed by atoms with Crippen molar-refractivity contribution in [3.8, 4) is 0 Å². The Morgan fingerprint density at radius 3 is 2.62 bits per heavy atom. The van der Waals surface area contributed by atoms with Crippen LogP contribution < -0.4 is 16.2 Å². The molecular formula is C24H25F3N4O. The molecule has 1 aliphatic heterocycles. The fraction of sp³-hybridized carbons (Fsp3) is 0.333. The van der Waals surface area contributed by atoms with Gasteiger partial charge in [-0.2, -0.15) is 5.10 Å². The van der Waals surface area contributed by atoms with E-state index in [2.05, 4.69) is 21.8 Å². The quantitative estimate of drug-likeness (QED) is 0.592. The number of hydrogen-bond acceptors (Lipinski definition) is 4. The van der Waals surface area contributed by atoms with Crippen LogP contribution in [0.5, 0.6) is 0 Å². The molecule has 168 valence electrons. The molecule has 0 aliphatic carbocycles. The van der Waals surface area contributed by atoms with Gasteiger partial charge in [0.05, 0.1) is 17.0 Å². The Morgan fingerprint density at radius 2 is 1.94 bits per heavy atom. The van der Waals surface area contributed by atoms with E-state index >= 15 is 0 Å². The number of hydrogen-bond donors (Lipinski definition) is 2. The van der Waals surface area contributed by atoms with E-state index < -0.39 is 23.8 Å². The van der Waals surface area contributed by atoms with E-state index in [-0.39, 0.29) is 11.1 Å². The highest BCUT2D eigenvalue weighted by molar-refractivity contribution is 5.94. The standard InChI is InChI=1S/C24H25F3N4O/c1-13-11-20-19(12-18(13)15-7-9-28-10-8-15)23(30-31(3)24(20)32)29-14(2)16-5-4-6-17(21(16)25)22(26)27/h4-7,11-12,14,22,28H,8-10H2,1-3H3,(H,29,30)/t14-/m1/s1. The van der Waals surface area contributed by atoms with Crippen LogP contribution in [0.3, 0.4) is 0 Å². The highest BCUT2D eigenvalue weighted by Gasteiger charge is 2.21. The van der Waals surface area contributed by atoms with Gasteiger partial charge in [-0.25, -0.2) is 17.9 Å². The monoisotopic (exact) mass is 442 g/mol. The Balaban J connectivity index is 1.82. The zero-order valence-electron chi connectivity index (χ0n) is 18.2. The van der Waals surface area contributed by atoms with Crippen molar-refractivity contribution in [3.05, 3.63) is 74.8 Å². The van der Waals surface area contributed by atoms with Crippen molar-refractivity contribution in [3.63, 3.8) is 0 Å². The molecule has 0 spiro atoms. The molecule has 8 heteroatoms. The van der Waals surface area contributed by atoms with Crippen molar-refractivity contribution in [1.29, 1.82) is 0 Å². The molecule has 0 bridgehead atoms. The zero-order chi connectivity index (χ0) is 23.0. The molecule has 0 fully saturated rings. The predicted molar refractivity (Wildman–Crippen MR) is 121 cm³/mol. The lowest BCUT2D eigenvalue weighted by Crippen LogP contribution is -2.23. The summed E-state index contributed by atoms with van der Waals surface area (Å²) in [5.41, 5.74) is 2.46. The summed E-state index contributed by atoms with van der Waals surface area (Å²) in [5.74, 6) is -0.541. The van der Waals surface area contributed by atoms with E-state index in [1.54, 1.807) is 14.0 Å². The molecule has 0 saturated heterocycles. The van der Waals surface area contributed by atoms with Gasteiger partial charge in [-0.1, -0.05) is 24.3 Å². The van der Waals surface area contributed by atoms with Crippen molar-refractivity contribution >= 4 is 22.2 Å². The third kappa shape index (κ3) is 4.02. The van der Waals surface area contributed by atoms with Crippen LogP contribution in [0.2, 0.25) is 0 Å². The lowest BCUT2D eigenvalue weighted by molar-refractivity contribution is 0.146. The molecule has 1 aliphatic rings. The SMILES string of the molecule is Cc1cc2c(=O)n(C)nc(N[C@H](C)c3cccc(C(F)F)c3F)c2cc1C1=CCNCC1. The third-order valence-corrected chi connectivity index (χ3v) is 5.92. The Labute approximate surface area is 183 Å². The first-order chi connectivity index (χ1) is 15.3. The van der Waals surface area contributed by atoms with E-state index in [4.69, 9.17) is 0 Å². The minimum absolute atomic E-state index is 0.111. The molecule has 3 aromatic rings. The fourth-order valence-corrected chi connectivity index (χ4v) is 4.18. The first-order valence-corrected chi connectivity index (χ1v) is 10.5. The molecule has 2 N–H and O–H groups in total. The highest BCUT2D eigenvalue weighted by Crippen LogP contribution is 2.32. The number of nitrogens with zero attached hydrogens (tertiary/aromatic N) is 2. The molecule has 32 heavy (non-hydrogen) atoms. The number of rotatable bonds is 5. The van der Waals surface area contributed by atoms with Crippen LogP contribution in [-0.4, -0.2) is 22.9 Å². The van der Waals surface area contributed by atoms with Gasteiger partial charge in [0, 0.05) is 24.5 Å². The second kappa shape index (κ2) is 8.78. The van der Waals surface area contributed by atoms with Crippen molar-refractivity contribution in [2.75, 3.05) is 18.4 Å². The number of halogens is 3. The molecule has 1 aromatic heterocycles. The van der Waals surface area contributed by atoms with E-state index in [9.17, 15) is 18.0 Å². The molecule has 4 rings (SSSR count). The average molecular weight is 442 g/mol. The Bertz CT molecular complexity index is 1270. The van der Waals surface area contributed by atoms with Gasteiger partial charge in [-0.3, -0.25) is 4.79 Å². The number of aryl methyl sites for hydroxylation is 2. The summed E-state index contributed by atoms with van der Waals surface area (Å²) in [6, 6.07) is 7.11. The minimum atomic E-state index is -2.90.